The third-order valence-electron chi connectivity index (χ3n) is 2.94. The molecule has 0 heterocycles. The van der Waals surface area contributed by atoms with E-state index in [9.17, 15) is 18.4 Å². The fourth-order valence-corrected chi connectivity index (χ4v) is 1.93. The third kappa shape index (κ3) is 4.50. The Morgan fingerprint density at radius 2 is 1.91 bits per heavy atom. The van der Waals surface area contributed by atoms with Crippen LogP contribution in [0, 0.1) is 18.6 Å². The summed E-state index contributed by atoms with van der Waals surface area (Å²) in [5, 5.41) is 2.39. The quantitative estimate of drug-likeness (QED) is 0.864. The van der Waals surface area contributed by atoms with E-state index in [2.05, 4.69) is 5.32 Å². The number of halogens is 3. The van der Waals surface area contributed by atoms with Crippen molar-refractivity contribution in [3.05, 3.63) is 64.2 Å². The second-order valence-corrected chi connectivity index (χ2v) is 5.12. The molecule has 23 heavy (non-hydrogen) atoms. The first-order valence-corrected chi connectivity index (χ1v) is 6.93. The highest BCUT2D eigenvalue weighted by Crippen LogP contribution is 2.18. The SMILES string of the molecule is Cc1ccc(NC(=O)COC(=O)c2cc(F)ccc2Cl)cc1F. The number of esters is 1. The van der Waals surface area contributed by atoms with Gasteiger partial charge in [-0.3, -0.25) is 4.79 Å². The summed E-state index contributed by atoms with van der Waals surface area (Å²) in [5.74, 6) is -2.71. The summed E-state index contributed by atoms with van der Waals surface area (Å²) in [4.78, 5) is 23.4. The molecule has 4 nitrogen and oxygen atoms in total. The summed E-state index contributed by atoms with van der Waals surface area (Å²) in [5.41, 5.74) is 0.494. The second kappa shape index (κ2) is 7.19. The maximum Gasteiger partial charge on any atom is 0.340 e. The summed E-state index contributed by atoms with van der Waals surface area (Å²) in [6.45, 7) is 0.979. The molecule has 2 rings (SSSR count). The molecule has 0 radical (unpaired) electrons. The van der Waals surface area contributed by atoms with Crippen molar-refractivity contribution in [1.29, 1.82) is 0 Å². The average Bonchev–Trinajstić information content (AvgIpc) is 2.51. The molecule has 0 aliphatic rings. The average molecular weight is 340 g/mol. The molecule has 0 aliphatic heterocycles. The first kappa shape index (κ1) is 16.9. The molecule has 0 saturated carbocycles. The van der Waals surface area contributed by atoms with E-state index in [1.165, 1.54) is 18.2 Å². The van der Waals surface area contributed by atoms with Crippen LogP contribution in [0.3, 0.4) is 0 Å². The summed E-state index contributed by atoms with van der Waals surface area (Å²) in [6, 6.07) is 7.39. The lowest BCUT2D eigenvalue weighted by Gasteiger charge is -2.08. The monoisotopic (exact) mass is 339 g/mol. The molecule has 0 aromatic heterocycles. The van der Waals surface area contributed by atoms with Crippen LogP contribution in [-0.4, -0.2) is 18.5 Å². The Bertz CT molecular complexity index is 765. The van der Waals surface area contributed by atoms with Gasteiger partial charge in [0, 0.05) is 5.69 Å². The van der Waals surface area contributed by atoms with Crippen LogP contribution >= 0.6 is 11.6 Å². The zero-order chi connectivity index (χ0) is 17.0. The number of anilines is 1. The number of benzene rings is 2. The Hall–Kier alpha value is -2.47. The second-order valence-electron chi connectivity index (χ2n) is 4.71. The molecule has 1 N–H and O–H groups in total. The van der Waals surface area contributed by atoms with Crippen molar-refractivity contribution in [2.75, 3.05) is 11.9 Å². The molecule has 0 atom stereocenters. The number of ether oxygens (including phenoxy) is 1. The van der Waals surface area contributed by atoms with Gasteiger partial charge in [-0.1, -0.05) is 17.7 Å². The van der Waals surface area contributed by atoms with Gasteiger partial charge in [-0.2, -0.15) is 0 Å². The predicted molar refractivity (Wildman–Crippen MR) is 81.5 cm³/mol. The van der Waals surface area contributed by atoms with E-state index in [1.54, 1.807) is 6.92 Å². The largest absolute Gasteiger partial charge is 0.452 e. The zero-order valence-corrected chi connectivity index (χ0v) is 12.8. The predicted octanol–water partition coefficient (Wildman–Crippen LogP) is 3.72. The van der Waals surface area contributed by atoms with Crippen LogP contribution in [0.5, 0.6) is 0 Å². The van der Waals surface area contributed by atoms with Crippen LogP contribution in [0.25, 0.3) is 0 Å². The van der Waals surface area contributed by atoms with Crippen LogP contribution in [0.15, 0.2) is 36.4 Å². The van der Waals surface area contributed by atoms with E-state index in [0.29, 0.717) is 5.56 Å². The van der Waals surface area contributed by atoms with Crippen LogP contribution < -0.4 is 5.32 Å². The van der Waals surface area contributed by atoms with Gasteiger partial charge in [-0.25, -0.2) is 13.6 Å². The standard InChI is InChI=1S/C16H12ClF2NO3/c1-9-2-4-11(7-14(9)19)20-15(21)8-23-16(22)12-6-10(18)3-5-13(12)17/h2-7H,8H2,1H3,(H,20,21). The van der Waals surface area contributed by atoms with Gasteiger partial charge < -0.3 is 10.1 Å². The van der Waals surface area contributed by atoms with E-state index < -0.39 is 30.1 Å². The molecule has 0 fully saturated rings. The van der Waals surface area contributed by atoms with Crippen molar-refractivity contribution in [2.24, 2.45) is 0 Å². The van der Waals surface area contributed by atoms with Gasteiger partial charge in [0.25, 0.3) is 5.91 Å². The molecule has 2 aromatic rings. The number of rotatable bonds is 4. The van der Waals surface area contributed by atoms with E-state index in [-0.39, 0.29) is 16.3 Å². The summed E-state index contributed by atoms with van der Waals surface area (Å²) in [6.07, 6.45) is 0. The molecule has 0 bridgehead atoms. The van der Waals surface area contributed by atoms with Crippen molar-refractivity contribution >= 4 is 29.2 Å². The highest BCUT2D eigenvalue weighted by atomic mass is 35.5. The van der Waals surface area contributed by atoms with Gasteiger partial charge in [0.05, 0.1) is 10.6 Å². The Balaban J connectivity index is 1.94. The van der Waals surface area contributed by atoms with E-state index in [0.717, 1.165) is 18.2 Å². The molecule has 0 unspecified atom stereocenters. The molecule has 120 valence electrons. The van der Waals surface area contributed by atoms with Gasteiger partial charge in [-0.15, -0.1) is 0 Å². The van der Waals surface area contributed by atoms with Gasteiger partial charge in [-0.05, 0) is 42.8 Å². The van der Waals surface area contributed by atoms with Gasteiger partial charge in [0.15, 0.2) is 6.61 Å². The minimum atomic E-state index is -0.931. The molecule has 7 heteroatoms. The molecule has 0 spiro atoms. The topological polar surface area (TPSA) is 55.4 Å². The van der Waals surface area contributed by atoms with Crippen molar-refractivity contribution in [3.63, 3.8) is 0 Å². The molecule has 2 aromatic carbocycles. The van der Waals surface area contributed by atoms with Crippen molar-refractivity contribution in [2.45, 2.75) is 6.92 Å². The summed E-state index contributed by atoms with van der Waals surface area (Å²) >= 11 is 5.76. The number of amides is 1. The lowest BCUT2D eigenvalue weighted by atomic mass is 10.2. The summed E-state index contributed by atoms with van der Waals surface area (Å²) in [7, 11) is 0. The maximum absolute atomic E-state index is 13.4. The van der Waals surface area contributed by atoms with Crippen LogP contribution in [0.4, 0.5) is 14.5 Å². The number of hydrogen-bond donors (Lipinski definition) is 1. The number of carbonyl (C=O) groups is 2. The number of aryl methyl sites for hydroxylation is 1. The maximum atomic E-state index is 13.4. The van der Waals surface area contributed by atoms with Gasteiger partial charge >= 0.3 is 5.97 Å². The third-order valence-corrected chi connectivity index (χ3v) is 3.27. The fraction of sp³-hybridized carbons (Fsp3) is 0.125. The van der Waals surface area contributed by atoms with Crippen molar-refractivity contribution < 1.29 is 23.1 Å². The number of nitrogens with one attached hydrogen (secondary N) is 1. The van der Waals surface area contributed by atoms with Gasteiger partial charge in [0.1, 0.15) is 11.6 Å². The molecular formula is C16H12ClF2NO3. The van der Waals surface area contributed by atoms with E-state index in [4.69, 9.17) is 16.3 Å². The minimum absolute atomic E-state index is 0.0115. The Morgan fingerprint density at radius 1 is 1.17 bits per heavy atom. The highest BCUT2D eigenvalue weighted by Gasteiger charge is 2.15. The lowest BCUT2D eigenvalue weighted by molar-refractivity contribution is -0.119. The fourth-order valence-electron chi connectivity index (χ4n) is 1.73. The van der Waals surface area contributed by atoms with Crippen molar-refractivity contribution in [1.82, 2.24) is 0 Å². The Labute approximate surface area is 136 Å². The van der Waals surface area contributed by atoms with Gasteiger partial charge in [0.2, 0.25) is 0 Å². The molecule has 0 saturated heterocycles. The lowest BCUT2D eigenvalue weighted by Crippen LogP contribution is -2.21. The smallest absolute Gasteiger partial charge is 0.340 e. The zero-order valence-electron chi connectivity index (χ0n) is 12.0. The van der Waals surface area contributed by atoms with E-state index >= 15 is 0 Å². The van der Waals surface area contributed by atoms with E-state index in [1.807, 2.05) is 0 Å². The molecular weight excluding hydrogens is 328 g/mol. The highest BCUT2D eigenvalue weighted by molar-refractivity contribution is 6.33. The van der Waals surface area contributed by atoms with Crippen LogP contribution in [0.1, 0.15) is 15.9 Å². The van der Waals surface area contributed by atoms with Crippen molar-refractivity contribution in [3.8, 4) is 0 Å². The summed E-state index contributed by atoms with van der Waals surface area (Å²) < 4.78 is 31.2. The number of hydrogen-bond acceptors (Lipinski definition) is 3. The Kier molecular flexibility index (Phi) is 5.28. The first-order chi connectivity index (χ1) is 10.9. The first-order valence-electron chi connectivity index (χ1n) is 6.55. The normalized spacial score (nSPS) is 10.3. The minimum Gasteiger partial charge on any atom is -0.452 e. The van der Waals surface area contributed by atoms with Crippen LogP contribution in [0.2, 0.25) is 5.02 Å². The van der Waals surface area contributed by atoms with Crippen LogP contribution in [-0.2, 0) is 9.53 Å². The number of carbonyl (C=O) groups excluding carboxylic acids is 2. The molecule has 1 amide bonds. The Morgan fingerprint density at radius 3 is 2.61 bits per heavy atom. The molecule has 0 aliphatic carbocycles.